The lowest BCUT2D eigenvalue weighted by Crippen LogP contribution is -2.33. The van der Waals surface area contributed by atoms with E-state index < -0.39 is 11.7 Å². The lowest BCUT2D eigenvalue weighted by atomic mass is 10.0. The minimum absolute atomic E-state index is 0.0584. The first-order chi connectivity index (χ1) is 8.81. The van der Waals surface area contributed by atoms with Crippen LogP contribution in [-0.4, -0.2) is 24.3 Å². The van der Waals surface area contributed by atoms with Gasteiger partial charge in [0.25, 0.3) is 0 Å². The molecular weight excluding hydrogens is 257 g/mol. The molecule has 0 bridgehead atoms. The molecule has 0 radical (unpaired) electrons. The Morgan fingerprint density at radius 3 is 2.37 bits per heavy atom. The van der Waals surface area contributed by atoms with E-state index in [1.807, 2.05) is 18.7 Å². The van der Waals surface area contributed by atoms with E-state index in [1.165, 1.54) is 12.1 Å². The van der Waals surface area contributed by atoms with Gasteiger partial charge in [-0.05, 0) is 37.6 Å². The molecule has 0 aliphatic heterocycles. The molecule has 0 aliphatic rings. The van der Waals surface area contributed by atoms with Crippen molar-refractivity contribution in [2.75, 3.05) is 18.1 Å². The molecule has 0 saturated carbocycles. The highest BCUT2D eigenvalue weighted by molar-refractivity contribution is 5.52. The fraction of sp³-hybridized carbons (Fsp3) is 0.538. The van der Waals surface area contributed by atoms with Crippen LogP contribution in [0.3, 0.4) is 0 Å². The summed E-state index contributed by atoms with van der Waals surface area (Å²) in [5.74, 6) is 0. The molecule has 0 unspecified atom stereocenters. The summed E-state index contributed by atoms with van der Waals surface area (Å²) in [7, 11) is 0. The highest BCUT2D eigenvalue weighted by Crippen LogP contribution is 2.34. The molecule has 108 valence electrons. The second-order valence-electron chi connectivity index (χ2n) is 4.55. The Bertz CT molecular complexity index is 419. The van der Waals surface area contributed by atoms with Crippen LogP contribution in [0.2, 0.25) is 0 Å². The summed E-state index contributed by atoms with van der Waals surface area (Å²) < 4.78 is 38.3. The Morgan fingerprint density at radius 2 is 1.95 bits per heavy atom. The first kappa shape index (κ1) is 15.8. The third-order valence-electron chi connectivity index (χ3n) is 2.91. The van der Waals surface area contributed by atoms with Gasteiger partial charge in [-0.15, -0.1) is 0 Å². The van der Waals surface area contributed by atoms with Crippen molar-refractivity contribution >= 4 is 5.69 Å². The summed E-state index contributed by atoms with van der Waals surface area (Å²) in [4.78, 5) is 1.83. The molecule has 6 heteroatoms. The Morgan fingerprint density at radius 1 is 1.32 bits per heavy atom. The van der Waals surface area contributed by atoms with Crippen LogP contribution in [0.15, 0.2) is 18.2 Å². The first-order valence-corrected chi connectivity index (χ1v) is 6.09. The van der Waals surface area contributed by atoms with Crippen molar-refractivity contribution in [3.63, 3.8) is 0 Å². The van der Waals surface area contributed by atoms with Gasteiger partial charge in [-0.2, -0.15) is 13.2 Å². The normalized spacial score (nSPS) is 12.0. The molecule has 0 spiro atoms. The molecule has 0 aliphatic carbocycles. The number of anilines is 1. The van der Waals surface area contributed by atoms with Crippen LogP contribution < -0.4 is 10.6 Å². The first-order valence-electron chi connectivity index (χ1n) is 6.09. The average molecular weight is 276 g/mol. The zero-order valence-corrected chi connectivity index (χ0v) is 11.0. The maximum Gasteiger partial charge on any atom is 0.416 e. The third-order valence-corrected chi connectivity index (χ3v) is 2.91. The number of nitrogens with two attached hydrogens (primary N) is 1. The van der Waals surface area contributed by atoms with Crippen LogP contribution in [-0.2, 0) is 12.7 Å². The average Bonchev–Trinajstić information content (AvgIpc) is 2.33. The zero-order chi connectivity index (χ0) is 14.6. The number of rotatable bonds is 5. The van der Waals surface area contributed by atoms with Gasteiger partial charge in [0.15, 0.2) is 0 Å². The molecule has 1 aromatic carbocycles. The summed E-state index contributed by atoms with van der Waals surface area (Å²) in [5, 5.41) is 9.01. The summed E-state index contributed by atoms with van der Waals surface area (Å²) in [6.45, 7) is 3.96. The molecule has 19 heavy (non-hydrogen) atoms. The molecule has 3 N–H and O–H groups in total. The Balaban J connectivity index is 3.18. The predicted molar refractivity (Wildman–Crippen MR) is 68.9 cm³/mol. The van der Waals surface area contributed by atoms with Crippen LogP contribution >= 0.6 is 0 Å². The molecule has 1 rings (SSSR count). The summed E-state index contributed by atoms with van der Waals surface area (Å²) in [6.07, 6.45) is -4.40. The second-order valence-corrected chi connectivity index (χ2v) is 4.55. The van der Waals surface area contributed by atoms with Gasteiger partial charge in [0.2, 0.25) is 0 Å². The van der Waals surface area contributed by atoms with E-state index in [2.05, 4.69) is 0 Å². The molecule has 0 fully saturated rings. The van der Waals surface area contributed by atoms with Gasteiger partial charge in [0, 0.05) is 24.8 Å². The summed E-state index contributed by atoms with van der Waals surface area (Å²) in [6, 6.07) is 3.98. The van der Waals surface area contributed by atoms with Gasteiger partial charge in [-0.1, -0.05) is 0 Å². The quantitative estimate of drug-likeness (QED) is 0.868. The van der Waals surface area contributed by atoms with E-state index in [0.29, 0.717) is 12.2 Å². The van der Waals surface area contributed by atoms with Gasteiger partial charge in [0.05, 0.1) is 12.2 Å². The van der Waals surface area contributed by atoms with Gasteiger partial charge >= 0.3 is 6.18 Å². The summed E-state index contributed by atoms with van der Waals surface area (Å²) in [5.41, 5.74) is 5.40. The van der Waals surface area contributed by atoms with Gasteiger partial charge in [-0.25, -0.2) is 0 Å². The minimum atomic E-state index is -4.40. The lowest BCUT2D eigenvalue weighted by molar-refractivity contribution is -0.138. The van der Waals surface area contributed by atoms with Crippen LogP contribution in [0.4, 0.5) is 18.9 Å². The molecular formula is C13H19F3N2O. The highest BCUT2D eigenvalue weighted by Gasteiger charge is 2.33. The molecule has 0 amide bonds. The zero-order valence-electron chi connectivity index (χ0n) is 11.0. The molecule has 0 aromatic heterocycles. The van der Waals surface area contributed by atoms with Crippen LogP contribution in [0, 0.1) is 0 Å². The number of hydrogen-bond donors (Lipinski definition) is 2. The van der Waals surface area contributed by atoms with Crippen molar-refractivity contribution < 1.29 is 18.3 Å². The molecule has 0 saturated heterocycles. The largest absolute Gasteiger partial charge is 0.416 e. The Hall–Kier alpha value is -1.27. The van der Waals surface area contributed by atoms with Crippen LogP contribution in [0.25, 0.3) is 0 Å². The number of halogens is 3. The van der Waals surface area contributed by atoms with Crippen LogP contribution in [0.5, 0.6) is 0 Å². The van der Waals surface area contributed by atoms with Gasteiger partial charge < -0.3 is 15.7 Å². The number of hydrogen-bond acceptors (Lipinski definition) is 3. The fourth-order valence-electron chi connectivity index (χ4n) is 2.00. The number of alkyl halides is 3. The van der Waals surface area contributed by atoms with E-state index >= 15 is 0 Å². The van der Waals surface area contributed by atoms with E-state index in [-0.39, 0.29) is 24.8 Å². The third kappa shape index (κ3) is 3.84. The predicted octanol–water partition coefficient (Wildman–Crippen LogP) is 2.37. The van der Waals surface area contributed by atoms with E-state index in [1.54, 1.807) is 0 Å². The molecule has 1 aromatic rings. The van der Waals surface area contributed by atoms with Crippen LogP contribution in [0.1, 0.15) is 25.0 Å². The van der Waals surface area contributed by atoms with Gasteiger partial charge in [0.1, 0.15) is 0 Å². The van der Waals surface area contributed by atoms with Crippen molar-refractivity contribution in [3.05, 3.63) is 29.3 Å². The van der Waals surface area contributed by atoms with Gasteiger partial charge in [-0.3, -0.25) is 0 Å². The molecule has 0 heterocycles. The standard InChI is InChI=1S/C13H19F3N2O/c1-9(2)18(5-6-19)11-3-4-12(13(14,15)16)10(7-11)8-17/h3-4,7,9,19H,5-6,8,17H2,1-2H3. The monoisotopic (exact) mass is 276 g/mol. The maximum atomic E-state index is 12.8. The Labute approximate surface area is 110 Å². The number of nitrogens with zero attached hydrogens (tertiary/aromatic N) is 1. The Kier molecular flexibility index (Phi) is 5.20. The smallest absolute Gasteiger partial charge is 0.395 e. The van der Waals surface area contributed by atoms with Crippen molar-refractivity contribution in [2.24, 2.45) is 5.73 Å². The maximum absolute atomic E-state index is 12.8. The SMILES string of the molecule is CC(C)N(CCO)c1ccc(C(F)(F)F)c(CN)c1. The van der Waals surface area contributed by atoms with Crippen molar-refractivity contribution in [3.8, 4) is 0 Å². The molecule has 3 nitrogen and oxygen atoms in total. The number of benzene rings is 1. The van der Waals surface area contributed by atoms with Crippen molar-refractivity contribution in [1.82, 2.24) is 0 Å². The molecule has 0 atom stereocenters. The van der Waals surface area contributed by atoms with E-state index in [4.69, 9.17) is 10.8 Å². The summed E-state index contributed by atoms with van der Waals surface area (Å²) >= 11 is 0. The van der Waals surface area contributed by atoms with Crippen molar-refractivity contribution in [2.45, 2.75) is 32.6 Å². The topological polar surface area (TPSA) is 49.5 Å². The minimum Gasteiger partial charge on any atom is -0.395 e. The van der Waals surface area contributed by atoms with E-state index in [9.17, 15) is 13.2 Å². The van der Waals surface area contributed by atoms with E-state index in [0.717, 1.165) is 6.07 Å². The number of aliphatic hydroxyl groups is 1. The highest BCUT2D eigenvalue weighted by atomic mass is 19.4. The fourth-order valence-corrected chi connectivity index (χ4v) is 2.00. The van der Waals surface area contributed by atoms with Crippen molar-refractivity contribution in [1.29, 1.82) is 0 Å². The number of aliphatic hydroxyl groups excluding tert-OH is 1. The second kappa shape index (κ2) is 6.25. The lowest BCUT2D eigenvalue weighted by Gasteiger charge is -2.29.